The third kappa shape index (κ3) is 3.22. The highest BCUT2D eigenvalue weighted by molar-refractivity contribution is 5.39. The maximum absolute atomic E-state index is 5.41. The lowest BCUT2D eigenvalue weighted by molar-refractivity contribution is 0.407. The molecule has 21 heavy (non-hydrogen) atoms. The second-order valence-electron chi connectivity index (χ2n) is 4.59. The summed E-state index contributed by atoms with van der Waals surface area (Å²) in [5, 5.41) is 11.2. The van der Waals surface area contributed by atoms with Crippen LogP contribution < -0.4 is 10.1 Å². The van der Waals surface area contributed by atoms with E-state index in [0.29, 0.717) is 13.1 Å². The standard InChI is InChI=1S/C15H16N4O2/c1-20-14-4-3-12(10-16-15-5-8-21-18-15)9-13(14)11-19-7-2-6-17-19/h2-9H,10-11H2,1H3,(H,16,18). The number of ether oxygens (including phenoxy) is 1. The second-order valence-corrected chi connectivity index (χ2v) is 4.59. The molecule has 0 aliphatic carbocycles. The van der Waals surface area contributed by atoms with Crippen LogP contribution in [0.4, 0.5) is 5.82 Å². The number of anilines is 1. The molecule has 0 fully saturated rings. The Hall–Kier alpha value is -2.76. The van der Waals surface area contributed by atoms with Gasteiger partial charge in [-0.05, 0) is 23.8 Å². The molecular formula is C15H16N4O2. The van der Waals surface area contributed by atoms with Gasteiger partial charge in [0, 0.05) is 30.6 Å². The number of benzene rings is 1. The minimum atomic E-state index is 0.669. The average molecular weight is 284 g/mol. The number of nitrogens with one attached hydrogen (secondary N) is 1. The second kappa shape index (κ2) is 6.13. The Kier molecular flexibility index (Phi) is 3.86. The molecule has 0 saturated carbocycles. The van der Waals surface area contributed by atoms with Crippen LogP contribution in [0.2, 0.25) is 0 Å². The first-order valence-corrected chi connectivity index (χ1v) is 6.62. The Labute approximate surface area is 122 Å². The van der Waals surface area contributed by atoms with Crippen LogP contribution in [-0.4, -0.2) is 22.0 Å². The molecule has 0 saturated heterocycles. The first-order valence-electron chi connectivity index (χ1n) is 6.62. The molecule has 0 aliphatic rings. The normalized spacial score (nSPS) is 10.5. The van der Waals surface area contributed by atoms with E-state index < -0.39 is 0 Å². The molecule has 2 heterocycles. The van der Waals surface area contributed by atoms with Crippen molar-refractivity contribution in [3.8, 4) is 5.75 Å². The first kappa shape index (κ1) is 13.2. The molecule has 0 spiro atoms. The molecule has 108 valence electrons. The predicted octanol–water partition coefficient (Wildman–Crippen LogP) is 2.54. The van der Waals surface area contributed by atoms with Gasteiger partial charge in [0.15, 0.2) is 5.82 Å². The van der Waals surface area contributed by atoms with E-state index in [9.17, 15) is 0 Å². The molecule has 3 rings (SSSR count). The SMILES string of the molecule is COc1ccc(CNc2ccon2)cc1Cn1cccn1. The first-order chi connectivity index (χ1) is 10.3. The van der Waals surface area contributed by atoms with E-state index in [1.165, 1.54) is 0 Å². The Balaban J connectivity index is 1.75. The molecule has 1 N–H and O–H groups in total. The summed E-state index contributed by atoms with van der Waals surface area (Å²) in [6.07, 6.45) is 5.24. The summed E-state index contributed by atoms with van der Waals surface area (Å²) in [6, 6.07) is 9.79. The Morgan fingerprint density at radius 3 is 3.00 bits per heavy atom. The van der Waals surface area contributed by atoms with Gasteiger partial charge in [-0.25, -0.2) is 0 Å². The maximum atomic E-state index is 5.41. The van der Waals surface area contributed by atoms with Crippen molar-refractivity contribution in [2.45, 2.75) is 13.1 Å². The third-order valence-corrected chi connectivity index (χ3v) is 3.15. The fourth-order valence-corrected chi connectivity index (χ4v) is 2.13. The van der Waals surface area contributed by atoms with Crippen LogP contribution in [0.15, 0.2) is 53.5 Å². The highest BCUT2D eigenvalue weighted by Gasteiger charge is 2.06. The number of rotatable bonds is 6. The molecule has 0 radical (unpaired) electrons. The fourth-order valence-electron chi connectivity index (χ4n) is 2.13. The number of nitrogens with zero attached hydrogens (tertiary/aromatic N) is 3. The Morgan fingerprint density at radius 1 is 1.33 bits per heavy atom. The number of hydrogen-bond donors (Lipinski definition) is 1. The molecule has 1 aromatic carbocycles. The lowest BCUT2D eigenvalue weighted by Gasteiger charge is -2.11. The van der Waals surface area contributed by atoms with Crippen molar-refractivity contribution < 1.29 is 9.26 Å². The monoisotopic (exact) mass is 284 g/mol. The number of hydrogen-bond acceptors (Lipinski definition) is 5. The highest BCUT2D eigenvalue weighted by atomic mass is 16.5. The maximum Gasteiger partial charge on any atom is 0.169 e. The van der Waals surface area contributed by atoms with Gasteiger partial charge in [-0.3, -0.25) is 4.68 Å². The molecule has 6 heteroatoms. The van der Waals surface area contributed by atoms with Crippen molar-refractivity contribution in [1.82, 2.24) is 14.9 Å². The molecule has 2 aromatic heterocycles. The van der Waals surface area contributed by atoms with Gasteiger partial charge in [0.05, 0.1) is 13.7 Å². The fraction of sp³-hybridized carbons (Fsp3) is 0.200. The summed E-state index contributed by atoms with van der Waals surface area (Å²) in [4.78, 5) is 0. The van der Waals surface area contributed by atoms with E-state index >= 15 is 0 Å². The predicted molar refractivity (Wildman–Crippen MR) is 78.2 cm³/mol. The quantitative estimate of drug-likeness (QED) is 0.753. The van der Waals surface area contributed by atoms with Crippen LogP contribution in [0.3, 0.4) is 0 Å². The van der Waals surface area contributed by atoms with Crippen molar-refractivity contribution in [3.05, 3.63) is 60.1 Å². The summed E-state index contributed by atoms with van der Waals surface area (Å²) in [7, 11) is 1.68. The van der Waals surface area contributed by atoms with E-state index in [0.717, 1.165) is 22.7 Å². The average Bonchev–Trinajstić information content (AvgIpc) is 3.18. The molecule has 0 bridgehead atoms. The molecule has 3 aromatic rings. The molecule has 0 unspecified atom stereocenters. The van der Waals surface area contributed by atoms with Gasteiger partial charge in [-0.1, -0.05) is 11.2 Å². The third-order valence-electron chi connectivity index (χ3n) is 3.15. The molecule has 6 nitrogen and oxygen atoms in total. The zero-order chi connectivity index (χ0) is 14.5. The molecular weight excluding hydrogens is 268 g/mol. The van der Waals surface area contributed by atoms with Crippen LogP contribution in [0.5, 0.6) is 5.75 Å². The van der Waals surface area contributed by atoms with E-state index in [1.54, 1.807) is 25.6 Å². The largest absolute Gasteiger partial charge is 0.496 e. The van der Waals surface area contributed by atoms with Crippen molar-refractivity contribution in [2.24, 2.45) is 0 Å². The van der Waals surface area contributed by atoms with E-state index in [-0.39, 0.29) is 0 Å². The van der Waals surface area contributed by atoms with Crippen molar-refractivity contribution >= 4 is 5.82 Å². The lowest BCUT2D eigenvalue weighted by Crippen LogP contribution is -2.05. The van der Waals surface area contributed by atoms with Crippen LogP contribution in [-0.2, 0) is 13.1 Å². The smallest absolute Gasteiger partial charge is 0.169 e. The zero-order valence-corrected chi connectivity index (χ0v) is 11.7. The summed E-state index contributed by atoms with van der Waals surface area (Å²) in [5.41, 5.74) is 2.22. The zero-order valence-electron chi connectivity index (χ0n) is 11.7. The van der Waals surface area contributed by atoms with Gasteiger partial charge in [-0.2, -0.15) is 5.10 Å². The topological polar surface area (TPSA) is 65.1 Å². The number of methoxy groups -OCH3 is 1. The van der Waals surface area contributed by atoms with Gasteiger partial charge < -0.3 is 14.6 Å². The van der Waals surface area contributed by atoms with Crippen LogP contribution in [0, 0.1) is 0 Å². The van der Waals surface area contributed by atoms with E-state index in [4.69, 9.17) is 9.26 Å². The molecule has 0 aliphatic heterocycles. The van der Waals surface area contributed by atoms with Crippen LogP contribution >= 0.6 is 0 Å². The summed E-state index contributed by atoms with van der Waals surface area (Å²) >= 11 is 0. The summed E-state index contributed by atoms with van der Waals surface area (Å²) in [5.74, 6) is 1.58. The number of aromatic nitrogens is 3. The summed E-state index contributed by atoms with van der Waals surface area (Å²) in [6.45, 7) is 1.34. The lowest BCUT2D eigenvalue weighted by atomic mass is 10.1. The van der Waals surface area contributed by atoms with Crippen molar-refractivity contribution in [2.75, 3.05) is 12.4 Å². The minimum absolute atomic E-state index is 0.669. The van der Waals surface area contributed by atoms with Crippen LogP contribution in [0.1, 0.15) is 11.1 Å². The Morgan fingerprint density at radius 2 is 2.29 bits per heavy atom. The molecule has 0 atom stereocenters. The van der Waals surface area contributed by atoms with Gasteiger partial charge in [0.1, 0.15) is 12.0 Å². The minimum Gasteiger partial charge on any atom is -0.496 e. The highest BCUT2D eigenvalue weighted by Crippen LogP contribution is 2.21. The van der Waals surface area contributed by atoms with Crippen molar-refractivity contribution in [1.29, 1.82) is 0 Å². The summed E-state index contributed by atoms with van der Waals surface area (Å²) < 4.78 is 12.1. The molecule has 0 amide bonds. The van der Waals surface area contributed by atoms with Gasteiger partial charge in [0.25, 0.3) is 0 Å². The van der Waals surface area contributed by atoms with Gasteiger partial charge in [-0.15, -0.1) is 0 Å². The Bertz CT molecular complexity index is 678. The van der Waals surface area contributed by atoms with E-state index in [1.807, 2.05) is 29.1 Å². The van der Waals surface area contributed by atoms with E-state index in [2.05, 4.69) is 21.6 Å². The van der Waals surface area contributed by atoms with Crippen LogP contribution in [0.25, 0.3) is 0 Å². The van der Waals surface area contributed by atoms with Crippen molar-refractivity contribution in [3.63, 3.8) is 0 Å². The van der Waals surface area contributed by atoms with Gasteiger partial charge in [0.2, 0.25) is 0 Å². The van der Waals surface area contributed by atoms with Gasteiger partial charge >= 0.3 is 0 Å².